The van der Waals surface area contributed by atoms with Gasteiger partial charge in [-0.2, -0.15) is 0 Å². The number of benzene rings is 2. The van der Waals surface area contributed by atoms with E-state index in [2.05, 4.69) is 56.3 Å². The van der Waals surface area contributed by atoms with Crippen LogP contribution in [0.25, 0.3) is 11.1 Å². The van der Waals surface area contributed by atoms with Gasteiger partial charge in [0, 0.05) is 6.54 Å². The van der Waals surface area contributed by atoms with Crippen LogP contribution in [-0.4, -0.2) is 0 Å². The number of aryl methyl sites for hydroxylation is 2. The molecule has 0 unspecified atom stereocenters. The molecule has 0 heterocycles. The minimum Gasteiger partial charge on any atom is -0.326 e. The van der Waals surface area contributed by atoms with Gasteiger partial charge in [0.1, 0.15) is 0 Å². The van der Waals surface area contributed by atoms with Crippen molar-refractivity contribution in [3.8, 4) is 11.1 Å². The molecule has 2 aromatic carbocycles. The summed E-state index contributed by atoms with van der Waals surface area (Å²) in [6.07, 6.45) is 0. The molecule has 2 N–H and O–H groups in total. The predicted molar refractivity (Wildman–Crippen MR) is 80.6 cm³/mol. The van der Waals surface area contributed by atoms with E-state index in [1.807, 2.05) is 13.8 Å². The van der Waals surface area contributed by atoms with Crippen molar-refractivity contribution in [3.63, 3.8) is 0 Å². The second kappa shape index (κ2) is 6.97. The first kappa shape index (κ1) is 14.5. The monoisotopic (exact) mass is 241 g/mol. The third-order valence-corrected chi connectivity index (χ3v) is 3.00. The zero-order chi connectivity index (χ0) is 13.5. The third kappa shape index (κ3) is 3.44. The summed E-state index contributed by atoms with van der Waals surface area (Å²) in [5.41, 5.74) is 12.0. The molecule has 1 heteroatoms. The van der Waals surface area contributed by atoms with E-state index >= 15 is 0 Å². The maximum Gasteiger partial charge on any atom is 0.0178 e. The first-order valence-electron chi connectivity index (χ1n) is 6.57. The van der Waals surface area contributed by atoms with Crippen LogP contribution in [0.15, 0.2) is 42.5 Å². The van der Waals surface area contributed by atoms with Crippen molar-refractivity contribution in [2.45, 2.75) is 34.2 Å². The highest BCUT2D eigenvalue weighted by Gasteiger charge is 2.00. The van der Waals surface area contributed by atoms with Crippen LogP contribution < -0.4 is 5.73 Å². The highest BCUT2D eigenvalue weighted by Crippen LogP contribution is 2.22. The molecule has 2 rings (SSSR count). The van der Waals surface area contributed by atoms with E-state index in [-0.39, 0.29) is 0 Å². The van der Waals surface area contributed by atoms with Crippen molar-refractivity contribution >= 4 is 0 Å². The summed E-state index contributed by atoms with van der Waals surface area (Å²) >= 11 is 0. The van der Waals surface area contributed by atoms with Crippen LogP contribution in [0.4, 0.5) is 0 Å². The molecule has 0 radical (unpaired) electrons. The van der Waals surface area contributed by atoms with Gasteiger partial charge in [-0.3, -0.25) is 0 Å². The summed E-state index contributed by atoms with van der Waals surface area (Å²) < 4.78 is 0. The molecule has 2 aromatic rings. The van der Waals surface area contributed by atoms with Gasteiger partial charge in [-0.15, -0.1) is 0 Å². The average molecular weight is 241 g/mol. The normalized spacial score (nSPS) is 9.61. The van der Waals surface area contributed by atoms with E-state index in [0.717, 1.165) is 0 Å². The van der Waals surface area contributed by atoms with E-state index in [4.69, 9.17) is 5.73 Å². The van der Waals surface area contributed by atoms with E-state index in [1.165, 1.54) is 27.8 Å². The summed E-state index contributed by atoms with van der Waals surface area (Å²) in [6.45, 7) is 8.87. The summed E-state index contributed by atoms with van der Waals surface area (Å²) in [6, 6.07) is 15.0. The Morgan fingerprint density at radius 2 is 1.50 bits per heavy atom. The molecule has 0 aliphatic carbocycles. The summed E-state index contributed by atoms with van der Waals surface area (Å²) in [7, 11) is 0. The number of hydrogen-bond acceptors (Lipinski definition) is 1. The van der Waals surface area contributed by atoms with Crippen LogP contribution in [0.3, 0.4) is 0 Å². The van der Waals surface area contributed by atoms with Crippen molar-refractivity contribution in [2.24, 2.45) is 5.73 Å². The van der Waals surface area contributed by atoms with E-state index < -0.39 is 0 Å². The van der Waals surface area contributed by atoms with Crippen LogP contribution in [0.5, 0.6) is 0 Å². The molecule has 0 aliphatic rings. The second-order valence-corrected chi connectivity index (χ2v) is 4.20. The number of hydrogen-bond donors (Lipinski definition) is 1. The Morgan fingerprint density at radius 3 is 2.11 bits per heavy atom. The summed E-state index contributed by atoms with van der Waals surface area (Å²) in [5.74, 6) is 0. The molecular formula is C17H23N. The minimum absolute atomic E-state index is 0.596. The Labute approximate surface area is 111 Å². The molecule has 0 fully saturated rings. The fourth-order valence-electron chi connectivity index (χ4n) is 1.80. The topological polar surface area (TPSA) is 26.0 Å². The van der Waals surface area contributed by atoms with Crippen molar-refractivity contribution in [1.29, 1.82) is 0 Å². The highest BCUT2D eigenvalue weighted by molar-refractivity contribution is 5.65. The lowest BCUT2D eigenvalue weighted by atomic mass is 9.99. The maximum absolute atomic E-state index is 5.65. The van der Waals surface area contributed by atoms with Crippen LogP contribution in [0.1, 0.15) is 30.5 Å². The molecule has 0 aromatic heterocycles. The predicted octanol–water partition coefficient (Wildman–Crippen LogP) is 4.46. The molecule has 96 valence electrons. The smallest absolute Gasteiger partial charge is 0.0178 e. The SMILES string of the molecule is CC.Cc1ccc(-c2cccc(CN)c2)cc1C. The molecular weight excluding hydrogens is 218 g/mol. The van der Waals surface area contributed by atoms with Gasteiger partial charge in [0.25, 0.3) is 0 Å². The second-order valence-electron chi connectivity index (χ2n) is 4.20. The van der Waals surface area contributed by atoms with Crippen LogP contribution >= 0.6 is 0 Å². The van der Waals surface area contributed by atoms with Gasteiger partial charge in [0.2, 0.25) is 0 Å². The van der Waals surface area contributed by atoms with Gasteiger partial charge in [-0.05, 0) is 47.7 Å². The Morgan fingerprint density at radius 1 is 0.833 bits per heavy atom. The average Bonchev–Trinajstić information content (AvgIpc) is 2.44. The number of rotatable bonds is 2. The molecule has 0 saturated heterocycles. The van der Waals surface area contributed by atoms with Crippen molar-refractivity contribution < 1.29 is 0 Å². The fourth-order valence-corrected chi connectivity index (χ4v) is 1.80. The highest BCUT2D eigenvalue weighted by atomic mass is 14.5. The molecule has 18 heavy (non-hydrogen) atoms. The Kier molecular flexibility index (Phi) is 5.60. The first-order chi connectivity index (χ1) is 8.70. The van der Waals surface area contributed by atoms with Crippen molar-refractivity contribution in [2.75, 3.05) is 0 Å². The minimum atomic E-state index is 0.596. The standard InChI is InChI=1S/C15H17N.C2H6/c1-11-6-7-15(8-12(11)2)14-5-3-4-13(9-14)10-16;1-2/h3-9H,10,16H2,1-2H3;1-2H3. The lowest BCUT2D eigenvalue weighted by molar-refractivity contribution is 1.07. The molecule has 0 aliphatic heterocycles. The van der Waals surface area contributed by atoms with Crippen LogP contribution in [0.2, 0.25) is 0 Å². The third-order valence-electron chi connectivity index (χ3n) is 3.00. The summed E-state index contributed by atoms with van der Waals surface area (Å²) in [5, 5.41) is 0. The Hall–Kier alpha value is -1.60. The van der Waals surface area contributed by atoms with E-state index in [1.54, 1.807) is 0 Å². The molecule has 0 atom stereocenters. The van der Waals surface area contributed by atoms with Crippen molar-refractivity contribution in [3.05, 3.63) is 59.2 Å². The molecule has 0 amide bonds. The van der Waals surface area contributed by atoms with Gasteiger partial charge >= 0.3 is 0 Å². The molecule has 0 bridgehead atoms. The van der Waals surface area contributed by atoms with Gasteiger partial charge in [-0.25, -0.2) is 0 Å². The van der Waals surface area contributed by atoms with E-state index in [9.17, 15) is 0 Å². The van der Waals surface area contributed by atoms with Crippen LogP contribution in [-0.2, 0) is 6.54 Å². The summed E-state index contributed by atoms with van der Waals surface area (Å²) in [4.78, 5) is 0. The maximum atomic E-state index is 5.65. The zero-order valence-corrected chi connectivity index (χ0v) is 11.8. The van der Waals surface area contributed by atoms with E-state index in [0.29, 0.717) is 6.54 Å². The van der Waals surface area contributed by atoms with Crippen molar-refractivity contribution in [1.82, 2.24) is 0 Å². The number of nitrogens with two attached hydrogens (primary N) is 1. The van der Waals surface area contributed by atoms with Gasteiger partial charge < -0.3 is 5.73 Å². The van der Waals surface area contributed by atoms with Crippen LogP contribution in [0, 0.1) is 13.8 Å². The van der Waals surface area contributed by atoms with Gasteiger partial charge in [0.05, 0.1) is 0 Å². The molecule has 0 saturated carbocycles. The largest absolute Gasteiger partial charge is 0.326 e. The lowest BCUT2D eigenvalue weighted by Crippen LogP contribution is -1.95. The molecule has 0 spiro atoms. The molecule has 1 nitrogen and oxygen atoms in total. The van der Waals surface area contributed by atoms with Gasteiger partial charge in [0.15, 0.2) is 0 Å². The van der Waals surface area contributed by atoms with Gasteiger partial charge in [-0.1, -0.05) is 50.2 Å². The lowest BCUT2D eigenvalue weighted by Gasteiger charge is -2.07. The zero-order valence-electron chi connectivity index (χ0n) is 11.8. The Balaban J connectivity index is 0.000000771. The quantitative estimate of drug-likeness (QED) is 0.825. The fraction of sp³-hybridized carbons (Fsp3) is 0.294. The Bertz CT molecular complexity index is 501. The first-order valence-corrected chi connectivity index (χ1v) is 6.57.